The van der Waals surface area contributed by atoms with Crippen LogP contribution in [0.3, 0.4) is 0 Å². The molecule has 74 valence electrons. The molecule has 0 unspecified atom stereocenters. The van der Waals surface area contributed by atoms with E-state index in [0.717, 1.165) is 29.0 Å². The van der Waals surface area contributed by atoms with E-state index in [-0.39, 0.29) is 0 Å². The maximum absolute atomic E-state index is 6.13. The van der Waals surface area contributed by atoms with Gasteiger partial charge in [-0.1, -0.05) is 18.5 Å². The number of halogens is 1. The average Bonchev–Trinajstić information content (AvgIpc) is 2.58. The molecule has 0 aliphatic heterocycles. The summed E-state index contributed by atoms with van der Waals surface area (Å²) < 4.78 is 1.71. The zero-order valence-electron chi connectivity index (χ0n) is 8.50. The first kappa shape index (κ1) is 9.46. The Labute approximate surface area is 87.7 Å². The van der Waals surface area contributed by atoms with Crippen molar-refractivity contribution in [3.63, 3.8) is 0 Å². The first-order chi connectivity index (χ1) is 6.63. The molecule has 0 amide bonds. The van der Waals surface area contributed by atoms with Gasteiger partial charge in [-0.15, -0.1) is 5.10 Å². The van der Waals surface area contributed by atoms with Gasteiger partial charge in [0.25, 0.3) is 0 Å². The fraction of sp³-hybridized carbons (Fsp3) is 0.400. The van der Waals surface area contributed by atoms with E-state index >= 15 is 0 Å². The Morgan fingerprint density at radius 2 is 2.07 bits per heavy atom. The molecule has 0 bridgehead atoms. The van der Waals surface area contributed by atoms with Crippen LogP contribution in [-0.2, 0) is 6.42 Å². The van der Waals surface area contributed by atoms with Gasteiger partial charge in [0.05, 0.1) is 0 Å². The van der Waals surface area contributed by atoms with Gasteiger partial charge in [-0.05, 0) is 31.0 Å². The van der Waals surface area contributed by atoms with Gasteiger partial charge >= 0.3 is 0 Å². The summed E-state index contributed by atoms with van der Waals surface area (Å²) in [5, 5.41) is 4.98. The second-order valence-corrected chi connectivity index (χ2v) is 3.78. The van der Waals surface area contributed by atoms with Crippen molar-refractivity contribution in [3.8, 4) is 0 Å². The van der Waals surface area contributed by atoms with Crippen LogP contribution in [0.1, 0.15) is 23.9 Å². The van der Waals surface area contributed by atoms with E-state index in [1.807, 2.05) is 26.8 Å². The van der Waals surface area contributed by atoms with Crippen molar-refractivity contribution in [1.82, 2.24) is 14.6 Å². The quantitative estimate of drug-likeness (QED) is 0.676. The molecule has 0 N–H and O–H groups in total. The highest BCUT2D eigenvalue weighted by molar-refractivity contribution is 6.30. The molecule has 0 fully saturated rings. The van der Waals surface area contributed by atoms with Crippen LogP contribution in [0.15, 0.2) is 6.07 Å². The lowest BCUT2D eigenvalue weighted by molar-refractivity contribution is 0.881. The van der Waals surface area contributed by atoms with Crippen molar-refractivity contribution in [3.05, 3.63) is 28.2 Å². The van der Waals surface area contributed by atoms with Crippen LogP contribution in [0.4, 0.5) is 0 Å². The maximum Gasteiger partial charge on any atom is 0.160 e. The van der Waals surface area contributed by atoms with Crippen LogP contribution in [0.25, 0.3) is 5.65 Å². The molecule has 0 atom stereocenters. The number of aromatic nitrogens is 3. The van der Waals surface area contributed by atoms with Crippen molar-refractivity contribution in [2.24, 2.45) is 0 Å². The van der Waals surface area contributed by atoms with E-state index in [4.69, 9.17) is 11.6 Å². The van der Waals surface area contributed by atoms with Gasteiger partial charge in [0.2, 0.25) is 0 Å². The summed E-state index contributed by atoms with van der Waals surface area (Å²) in [4.78, 5) is 4.40. The minimum absolute atomic E-state index is 0.651. The first-order valence-electron chi connectivity index (χ1n) is 4.65. The summed E-state index contributed by atoms with van der Waals surface area (Å²) in [7, 11) is 0. The summed E-state index contributed by atoms with van der Waals surface area (Å²) in [6.07, 6.45) is 0.830. The smallest absolute Gasteiger partial charge is 0.160 e. The zero-order valence-corrected chi connectivity index (χ0v) is 9.26. The van der Waals surface area contributed by atoms with Crippen LogP contribution in [0.5, 0.6) is 0 Å². The van der Waals surface area contributed by atoms with E-state index in [2.05, 4.69) is 10.1 Å². The molecule has 4 heteroatoms. The second-order valence-electron chi connectivity index (χ2n) is 3.42. The van der Waals surface area contributed by atoms with Gasteiger partial charge in [-0.3, -0.25) is 0 Å². The third-order valence-electron chi connectivity index (χ3n) is 2.26. The number of fused-ring (bicyclic) bond motifs is 1. The molecular formula is C10H12ClN3. The zero-order chi connectivity index (χ0) is 10.3. The molecule has 0 radical (unpaired) electrons. The molecule has 3 nitrogen and oxygen atoms in total. The molecule has 2 aromatic heterocycles. The summed E-state index contributed by atoms with van der Waals surface area (Å²) in [5.74, 6) is 0.834. The molecule has 0 aliphatic carbocycles. The normalized spacial score (nSPS) is 11.1. The molecule has 2 rings (SSSR count). The third kappa shape index (κ3) is 1.28. The lowest BCUT2D eigenvalue weighted by atomic mass is 10.2. The number of hydrogen-bond acceptors (Lipinski definition) is 2. The molecule has 0 spiro atoms. The molecular weight excluding hydrogens is 198 g/mol. The molecule has 0 saturated carbocycles. The maximum atomic E-state index is 6.13. The minimum atomic E-state index is 0.651. The van der Waals surface area contributed by atoms with E-state index in [1.165, 1.54) is 0 Å². The molecule has 2 heterocycles. The second kappa shape index (κ2) is 3.24. The predicted molar refractivity (Wildman–Crippen MR) is 56.8 cm³/mol. The van der Waals surface area contributed by atoms with Gasteiger partial charge in [0.1, 0.15) is 5.15 Å². The van der Waals surface area contributed by atoms with Gasteiger partial charge in [-0.25, -0.2) is 9.50 Å². The average molecular weight is 210 g/mol. The van der Waals surface area contributed by atoms with Crippen molar-refractivity contribution in [2.45, 2.75) is 27.2 Å². The van der Waals surface area contributed by atoms with Crippen molar-refractivity contribution in [2.75, 3.05) is 0 Å². The predicted octanol–water partition coefficient (Wildman–Crippen LogP) is 2.56. The standard InChI is InChI=1S/C10H12ClN3/c1-4-8-12-10-7(3)5-6(2)9(11)14(10)13-8/h5H,4H2,1-3H3. The number of nitrogens with zero attached hydrogens (tertiary/aromatic N) is 3. The molecule has 0 aromatic carbocycles. The Kier molecular flexibility index (Phi) is 2.19. The van der Waals surface area contributed by atoms with E-state index in [0.29, 0.717) is 5.15 Å². The van der Waals surface area contributed by atoms with E-state index in [1.54, 1.807) is 4.52 Å². The monoisotopic (exact) mass is 209 g/mol. The Morgan fingerprint density at radius 3 is 2.71 bits per heavy atom. The Bertz CT molecular complexity index is 488. The Balaban J connectivity index is 2.84. The number of pyridine rings is 1. The van der Waals surface area contributed by atoms with Gasteiger partial charge in [-0.2, -0.15) is 0 Å². The van der Waals surface area contributed by atoms with Gasteiger partial charge < -0.3 is 0 Å². The van der Waals surface area contributed by atoms with Gasteiger partial charge in [0, 0.05) is 6.42 Å². The van der Waals surface area contributed by atoms with Crippen LogP contribution in [0.2, 0.25) is 5.15 Å². The fourth-order valence-electron chi connectivity index (χ4n) is 1.51. The number of rotatable bonds is 1. The van der Waals surface area contributed by atoms with E-state index in [9.17, 15) is 0 Å². The first-order valence-corrected chi connectivity index (χ1v) is 5.02. The number of hydrogen-bond donors (Lipinski definition) is 0. The minimum Gasteiger partial charge on any atom is -0.212 e. The lowest BCUT2D eigenvalue weighted by Gasteiger charge is -2.02. The van der Waals surface area contributed by atoms with Crippen LogP contribution in [-0.4, -0.2) is 14.6 Å². The summed E-state index contributed by atoms with van der Waals surface area (Å²) in [5.41, 5.74) is 3.00. The summed E-state index contributed by atoms with van der Waals surface area (Å²) in [6.45, 7) is 6.03. The fourth-order valence-corrected chi connectivity index (χ4v) is 1.68. The molecule has 0 saturated heterocycles. The summed E-state index contributed by atoms with van der Waals surface area (Å²) in [6, 6.07) is 2.03. The van der Waals surface area contributed by atoms with Crippen molar-refractivity contribution >= 4 is 17.2 Å². The van der Waals surface area contributed by atoms with Crippen LogP contribution in [0, 0.1) is 13.8 Å². The molecule has 14 heavy (non-hydrogen) atoms. The van der Waals surface area contributed by atoms with Crippen molar-refractivity contribution in [1.29, 1.82) is 0 Å². The molecule has 2 aromatic rings. The van der Waals surface area contributed by atoms with Crippen LogP contribution >= 0.6 is 11.6 Å². The van der Waals surface area contributed by atoms with Crippen molar-refractivity contribution < 1.29 is 0 Å². The number of aryl methyl sites for hydroxylation is 3. The lowest BCUT2D eigenvalue weighted by Crippen LogP contribution is -1.95. The highest BCUT2D eigenvalue weighted by Crippen LogP contribution is 2.19. The van der Waals surface area contributed by atoms with Crippen LogP contribution < -0.4 is 0 Å². The molecule has 0 aliphatic rings. The SMILES string of the molecule is CCc1nc2c(C)cc(C)c(Cl)n2n1. The summed E-state index contributed by atoms with van der Waals surface area (Å²) >= 11 is 6.13. The topological polar surface area (TPSA) is 30.2 Å². The Hall–Kier alpha value is -1.09. The highest BCUT2D eigenvalue weighted by atomic mass is 35.5. The highest BCUT2D eigenvalue weighted by Gasteiger charge is 2.09. The Morgan fingerprint density at radius 1 is 1.36 bits per heavy atom. The van der Waals surface area contributed by atoms with E-state index < -0.39 is 0 Å². The third-order valence-corrected chi connectivity index (χ3v) is 2.72. The largest absolute Gasteiger partial charge is 0.212 e. The van der Waals surface area contributed by atoms with Gasteiger partial charge in [0.15, 0.2) is 11.5 Å².